The Balaban J connectivity index is 2.80. The zero-order chi connectivity index (χ0) is 16.3. The summed E-state index contributed by atoms with van der Waals surface area (Å²) in [5.74, 6) is -3.74. The lowest BCUT2D eigenvalue weighted by Gasteiger charge is -2.33. The number of hydrogen-bond acceptors (Lipinski definition) is 3. The highest BCUT2D eigenvalue weighted by Gasteiger charge is 2.61. The molecule has 4 unspecified atom stereocenters. The molecular weight excluding hydrogens is 299 g/mol. The predicted octanol–water partition coefficient (Wildman–Crippen LogP) is 2.59. The second kappa shape index (κ2) is 6.72. The van der Waals surface area contributed by atoms with Crippen LogP contribution < -0.4 is 0 Å². The van der Waals surface area contributed by atoms with E-state index in [9.17, 15) is 31.9 Å². The molecule has 0 aromatic carbocycles. The number of hydrogen-bond donors (Lipinski definition) is 1. The van der Waals surface area contributed by atoms with Gasteiger partial charge in [-0.2, -0.15) is 13.2 Å². The minimum absolute atomic E-state index is 0.265. The summed E-state index contributed by atoms with van der Waals surface area (Å²) in [4.78, 5) is 10.9. The topological polar surface area (TPSA) is 46.5 Å². The lowest BCUT2D eigenvalue weighted by Crippen LogP contribution is -2.52. The van der Waals surface area contributed by atoms with Gasteiger partial charge in [0.25, 0.3) is 0 Å². The molecule has 0 aromatic rings. The fourth-order valence-electron chi connectivity index (χ4n) is 2.66. The van der Waals surface area contributed by atoms with Gasteiger partial charge in [0.05, 0.1) is 13.3 Å². The van der Waals surface area contributed by atoms with Gasteiger partial charge >= 0.3 is 12.1 Å². The molecule has 0 aliphatic heterocycles. The van der Waals surface area contributed by atoms with Gasteiger partial charge in [0.2, 0.25) is 0 Å². The van der Waals surface area contributed by atoms with E-state index in [-0.39, 0.29) is 19.4 Å². The van der Waals surface area contributed by atoms with Crippen LogP contribution in [-0.2, 0) is 9.53 Å². The standard InChI is InChI=1S/C13H17F5O3/c1-2-11(19)21-6-9-4-10(3-8(9)5-14)12(20,7-15)13(16,17)18/h2,8-10,20H,1,3-7H2. The summed E-state index contributed by atoms with van der Waals surface area (Å²) in [6.45, 7) is -0.0341. The molecule has 0 aromatic heterocycles. The Morgan fingerprint density at radius 1 is 1.29 bits per heavy atom. The Morgan fingerprint density at radius 2 is 1.86 bits per heavy atom. The molecule has 0 radical (unpaired) electrons. The first-order chi connectivity index (χ1) is 9.69. The average molecular weight is 316 g/mol. The van der Waals surface area contributed by atoms with Crippen LogP contribution in [0.5, 0.6) is 0 Å². The van der Waals surface area contributed by atoms with Gasteiger partial charge in [-0.1, -0.05) is 6.58 Å². The van der Waals surface area contributed by atoms with Gasteiger partial charge in [0.15, 0.2) is 5.60 Å². The SMILES string of the molecule is C=CC(=O)OCC1CC(C(O)(CF)C(F)(F)F)CC1CF. The molecule has 0 heterocycles. The predicted molar refractivity (Wildman–Crippen MR) is 63.8 cm³/mol. The molecule has 1 saturated carbocycles. The number of rotatable bonds is 6. The van der Waals surface area contributed by atoms with Crippen molar-refractivity contribution in [1.82, 2.24) is 0 Å². The second-order valence-corrected chi connectivity index (χ2v) is 5.23. The number of carbonyl (C=O) groups is 1. The maximum Gasteiger partial charge on any atom is 0.420 e. The molecule has 8 heteroatoms. The Bertz CT molecular complexity index is 384. The number of esters is 1. The van der Waals surface area contributed by atoms with E-state index in [1.54, 1.807) is 0 Å². The maximum atomic E-state index is 12.9. The largest absolute Gasteiger partial charge is 0.462 e. The lowest BCUT2D eigenvalue weighted by molar-refractivity contribution is -0.284. The third-order valence-corrected chi connectivity index (χ3v) is 4.02. The van der Waals surface area contributed by atoms with Crippen molar-refractivity contribution in [3.05, 3.63) is 12.7 Å². The first-order valence-corrected chi connectivity index (χ1v) is 6.39. The van der Waals surface area contributed by atoms with Gasteiger partial charge in [-0.3, -0.25) is 4.39 Å². The normalized spacial score (nSPS) is 29.0. The fourth-order valence-corrected chi connectivity index (χ4v) is 2.66. The van der Waals surface area contributed by atoms with Gasteiger partial charge in [0.1, 0.15) is 6.67 Å². The van der Waals surface area contributed by atoms with Crippen LogP contribution in [0.3, 0.4) is 0 Å². The minimum atomic E-state index is -5.14. The molecule has 1 N–H and O–H groups in total. The zero-order valence-electron chi connectivity index (χ0n) is 11.2. The van der Waals surface area contributed by atoms with E-state index in [0.29, 0.717) is 0 Å². The van der Waals surface area contributed by atoms with E-state index >= 15 is 0 Å². The molecule has 4 atom stereocenters. The first kappa shape index (κ1) is 17.9. The van der Waals surface area contributed by atoms with Crippen LogP contribution in [0.1, 0.15) is 12.8 Å². The molecule has 1 aliphatic carbocycles. The van der Waals surface area contributed by atoms with Crippen LogP contribution in [0.4, 0.5) is 22.0 Å². The zero-order valence-corrected chi connectivity index (χ0v) is 11.2. The van der Waals surface area contributed by atoms with Crippen LogP contribution in [0.15, 0.2) is 12.7 Å². The molecular formula is C13H17F5O3. The van der Waals surface area contributed by atoms with E-state index in [1.807, 2.05) is 0 Å². The van der Waals surface area contributed by atoms with Crippen molar-refractivity contribution in [2.45, 2.75) is 24.6 Å². The molecule has 0 spiro atoms. The Morgan fingerprint density at radius 3 is 2.29 bits per heavy atom. The summed E-state index contributed by atoms with van der Waals surface area (Å²) < 4.78 is 68.8. The third-order valence-electron chi connectivity index (χ3n) is 4.02. The lowest BCUT2D eigenvalue weighted by atomic mass is 9.85. The maximum absolute atomic E-state index is 12.9. The summed E-state index contributed by atoms with van der Waals surface area (Å²) in [6, 6.07) is 0. The molecule has 0 amide bonds. The molecule has 1 aliphatic rings. The van der Waals surface area contributed by atoms with Crippen molar-refractivity contribution < 1.29 is 36.6 Å². The average Bonchev–Trinajstić information content (AvgIpc) is 2.85. The smallest absolute Gasteiger partial charge is 0.420 e. The van der Waals surface area contributed by atoms with Crippen LogP contribution >= 0.6 is 0 Å². The summed E-state index contributed by atoms with van der Waals surface area (Å²) >= 11 is 0. The molecule has 1 fully saturated rings. The van der Waals surface area contributed by atoms with Crippen LogP contribution in [0.2, 0.25) is 0 Å². The molecule has 1 rings (SSSR count). The molecule has 3 nitrogen and oxygen atoms in total. The highest BCUT2D eigenvalue weighted by Crippen LogP contribution is 2.48. The van der Waals surface area contributed by atoms with Gasteiger partial charge < -0.3 is 9.84 Å². The van der Waals surface area contributed by atoms with Crippen molar-refractivity contribution in [1.29, 1.82) is 0 Å². The minimum Gasteiger partial charge on any atom is -0.462 e. The quantitative estimate of drug-likeness (QED) is 0.465. The summed E-state index contributed by atoms with van der Waals surface area (Å²) in [5.41, 5.74) is -3.49. The monoisotopic (exact) mass is 316 g/mol. The summed E-state index contributed by atoms with van der Waals surface area (Å²) in [6.07, 6.45) is -4.84. The van der Waals surface area contributed by atoms with Gasteiger partial charge in [-0.15, -0.1) is 0 Å². The number of halogens is 5. The molecule has 0 saturated heterocycles. The Hall–Kier alpha value is -1.18. The third kappa shape index (κ3) is 3.72. The number of aliphatic hydroxyl groups is 1. The van der Waals surface area contributed by atoms with Crippen molar-refractivity contribution >= 4 is 5.97 Å². The highest BCUT2D eigenvalue weighted by atomic mass is 19.4. The Kier molecular flexibility index (Phi) is 5.72. The van der Waals surface area contributed by atoms with E-state index in [1.165, 1.54) is 0 Å². The van der Waals surface area contributed by atoms with Crippen molar-refractivity contribution in [3.63, 3.8) is 0 Å². The van der Waals surface area contributed by atoms with E-state index in [2.05, 4.69) is 6.58 Å². The van der Waals surface area contributed by atoms with Crippen molar-refractivity contribution in [2.24, 2.45) is 17.8 Å². The van der Waals surface area contributed by atoms with Gasteiger partial charge in [-0.05, 0) is 24.7 Å². The van der Waals surface area contributed by atoms with E-state index < -0.39 is 48.8 Å². The molecule has 0 bridgehead atoms. The number of ether oxygens (including phenoxy) is 1. The van der Waals surface area contributed by atoms with Crippen molar-refractivity contribution in [2.75, 3.05) is 20.0 Å². The molecule has 122 valence electrons. The second-order valence-electron chi connectivity index (χ2n) is 5.23. The summed E-state index contributed by atoms with van der Waals surface area (Å²) in [7, 11) is 0. The van der Waals surface area contributed by atoms with Gasteiger partial charge in [0, 0.05) is 12.0 Å². The number of alkyl halides is 5. The fraction of sp³-hybridized carbons (Fsp3) is 0.769. The first-order valence-electron chi connectivity index (χ1n) is 6.39. The summed E-state index contributed by atoms with van der Waals surface area (Å²) in [5, 5.41) is 9.56. The van der Waals surface area contributed by atoms with E-state index in [0.717, 1.165) is 6.08 Å². The number of carbonyl (C=O) groups excluding carboxylic acids is 1. The van der Waals surface area contributed by atoms with Crippen LogP contribution in [0.25, 0.3) is 0 Å². The van der Waals surface area contributed by atoms with Crippen molar-refractivity contribution in [3.8, 4) is 0 Å². The Labute approximate surface area is 118 Å². The van der Waals surface area contributed by atoms with Gasteiger partial charge in [-0.25, -0.2) is 9.18 Å². The van der Waals surface area contributed by atoms with E-state index in [4.69, 9.17) is 4.74 Å². The molecule has 21 heavy (non-hydrogen) atoms. The van der Waals surface area contributed by atoms with Crippen LogP contribution in [0, 0.1) is 17.8 Å². The highest BCUT2D eigenvalue weighted by molar-refractivity contribution is 5.81. The van der Waals surface area contributed by atoms with Crippen LogP contribution in [-0.4, -0.2) is 42.8 Å².